The molecule has 9 nitrogen and oxygen atoms in total. The molecule has 2 N–H and O–H groups in total. The van der Waals surface area contributed by atoms with Crippen molar-refractivity contribution in [3.05, 3.63) is 48.2 Å². The van der Waals surface area contributed by atoms with Crippen molar-refractivity contribution >= 4 is 34.4 Å². The van der Waals surface area contributed by atoms with E-state index in [9.17, 15) is 8.78 Å². The molecule has 4 heterocycles. The van der Waals surface area contributed by atoms with Crippen molar-refractivity contribution in [1.29, 1.82) is 0 Å². The van der Waals surface area contributed by atoms with Crippen LogP contribution in [0.3, 0.4) is 0 Å². The fraction of sp³-hybridized carbons (Fsp3) is 0.346. The molecule has 2 aliphatic rings. The summed E-state index contributed by atoms with van der Waals surface area (Å²) in [7, 11) is 0. The largest absolute Gasteiger partial charge is 0.486 e. The molecule has 6 rings (SSSR count). The summed E-state index contributed by atoms with van der Waals surface area (Å²) in [6.07, 6.45) is 1.08. The molecule has 0 bridgehead atoms. The number of rotatable bonds is 5. The van der Waals surface area contributed by atoms with E-state index in [2.05, 4.69) is 30.5 Å². The van der Waals surface area contributed by atoms with Crippen LogP contribution in [0, 0.1) is 11.6 Å². The van der Waals surface area contributed by atoms with Crippen LogP contribution in [-0.2, 0) is 0 Å². The first-order valence-electron chi connectivity index (χ1n) is 12.4. The van der Waals surface area contributed by atoms with E-state index < -0.39 is 11.6 Å². The molecule has 0 spiro atoms. The number of piperazine rings is 1. The van der Waals surface area contributed by atoms with E-state index in [0.717, 1.165) is 32.4 Å². The minimum Gasteiger partial charge on any atom is -0.486 e. The highest BCUT2D eigenvalue weighted by atomic mass is 19.1. The first-order valence-corrected chi connectivity index (χ1v) is 12.4. The Morgan fingerprint density at radius 1 is 1.03 bits per heavy atom. The lowest BCUT2D eigenvalue weighted by Gasteiger charge is -2.34. The van der Waals surface area contributed by atoms with Gasteiger partial charge in [-0.05, 0) is 44.2 Å². The van der Waals surface area contributed by atoms with Gasteiger partial charge in [-0.2, -0.15) is 4.98 Å². The molecular formula is C26H27F2N7O2. The van der Waals surface area contributed by atoms with Gasteiger partial charge in [-0.1, -0.05) is 0 Å². The van der Waals surface area contributed by atoms with E-state index in [-0.39, 0.29) is 23.4 Å². The van der Waals surface area contributed by atoms with Crippen LogP contribution in [0.2, 0.25) is 0 Å². The van der Waals surface area contributed by atoms with Crippen molar-refractivity contribution in [3.63, 3.8) is 0 Å². The molecule has 0 amide bonds. The lowest BCUT2D eigenvalue weighted by Crippen LogP contribution is -2.43. The average Bonchev–Trinajstić information content (AvgIpc) is 3.33. The predicted molar refractivity (Wildman–Crippen MR) is 138 cm³/mol. The molecule has 11 heteroatoms. The average molecular weight is 508 g/mol. The molecule has 1 saturated heterocycles. The summed E-state index contributed by atoms with van der Waals surface area (Å²) in [5, 5.41) is 6.41. The normalized spacial score (nSPS) is 15.7. The number of anilines is 4. The van der Waals surface area contributed by atoms with Gasteiger partial charge in [-0.15, -0.1) is 0 Å². The van der Waals surface area contributed by atoms with Crippen LogP contribution in [0.1, 0.15) is 13.8 Å². The van der Waals surface area contributed by atoms with Gasteiger partial charge in [0.2, 0.25) is 5.95 Å². The predicted octanol–water partition coefficient (Wildman–Crippen LogP) is 4.32. The number of nitrogens with one attached hydrogen (secondary N) is 2. The SMILES string of the molecule is CC(C)N1CCOc2c(F)cc(-c3nc(Nc4ccc5oc(N6CCNCC6)nc5c4)ncc3F)cc21. The van der Waals surface area contributed by atoms with Crippen molar-refractivity contribution in [1.82, 2.24) is 20.3 Å². The third-order valence-corrected chi connectivity index (χ3v) is 6.57. The number of hydrogen-bond acceptors (Lipinski definition) is 9. The molecule has 1 fully saturated rings. The quantitative estimate of drug-likeness (QED) is 0.410. The Morgan fingerprint density at radius 3 is 2.68 bits per heavy atom. The number of fused-ring (bicyclic) bond motifs is 2. The van der Waals surface area contributed by atoms with Crippen molar-refractivity contribution in [2.75, 3.05) is 54.4 Å². The topological polar surface area (TPSA) is 91.6 Å². The van der Waals surface area contributed by atoms with E-state index in [1.165, 1.54) is 6.07 Å². The van der Waals surface area contributed by atoms with Gasteiger partial charge in [0.05, 0.1) is 18.4 Å². The van der Waals surface area contributed by atoms with Gasteiger partial charge < -0.3 is 29.6 Å². The number of halogens is 2. The van der Waals surface area contributed by atoms with Crippen molar-refractivity contribution < 1.29 is 17.9 Å². The summed E-state index contributed by atoms with van der Waals surface area (Å²) >= 11 is 0. The van der Waals surface area contributed by atoms with Crippen molar-refractivity contribution in [3.8, 4) is 17.0 Å². The zero-order valence-corrected chi connectivity index (χ0v) is 20.6. The third kappa shape index (κ3) is 4.50. The van der Waals surface area contributed by atoms with E-state index in [0.29, 0.717) is 47.2 Å². The summed E-state index contributed by atoms with van der Waals surface area (Å²) in [4.78, 5) is 17.2. The number of oxazole rings is 1. The van der Waals surface area contributed by atoms with Crippen LogP contribution in [0.25, 0.3) is 22.4 Å². The van der Waals surface area contributed by atoms with Crippen LogP contribution in [0.4, 0.5) is 32.1 Å². The molecule has 0 atom stereocenters. The Balaban J connectivity index is 1.30. The molecule has 0 radical (unpaired) electrons. The molecule has 0 unspecified atom stereocenters. The van der Waals surface area contributed by atoms with Crippen LogP contribution in [0.5, 0.6) is 5.75 Å². The highest BCUT2D eigenvalue weighted by molar-refractivity contribution is 5.80. The van der Waals surface area contributed by atoms with Gasteiger partial charge in [-0.3, -0.25) is 0 Å². The van der Waals surface area contributed by atoms with Crippen LogP contribution >= 0.6 is 0 Å². The Labute approximate surface area is 212 Å². The second-order valence-electron chi connectivity index (χ2n) is 9.37. The van der Waals surface area contributed by atoms with Crippen LogP contribution in [-0.4, -0.2) is 60.3 Å². The monoisotopic (exact) mass is 507 g/mol. The van der Waals surface area contributed by atoms with Crippen molar-refractivity contribution in [2.45, 2.75) is 19.9 Å². The summed E-state index contributed by atoms with van der Waals surface area (Å²) in [6.45, 7) is 8.47. The standard InChI is InChI=1S/C26H27F2N7O2/c1-15(2)35-9-10-36-24-18(27)11-16(12-21(24)35)23-19(28)14-30-25(33-23)31-17-3-4-22-20(13-17)32-26(37-22)34-7-5-29-6-8-34/h3-4,11-15,29H,5-10H2,1-2H3,(H,30,31,33). The van der Waals surface area contributed by atoms with Gasteiger partial charge in [-0.25, -0.2) is 18.7 Å². The Hall–Kier alpha value is -3.99. The van der Waals surface area contributed by atoms with E-state index in [4.69, 9.17) is 9.15 Å². The lowest BCUT2D eigenvalue weighted by molar-refractivity contribution is 0.287. The number of ether oxygens (including phenoxy) is 1. The van der Waals surface area contributed by atoms with E-state index in [1.54, 1.807) is 6.07 Å². The third-order valence-electron chi connectivity index (χ3n) is 6.57. The molecule has 2 aromatic carbocycles. The smallest absolute Gasteiger partial charge is 0.298 e. The van der Waals surface area contributed by atoms with E-state index >= 15 is 0 Å². The molecule has 2 aromatic heterocycles. The van der Waals surface area contributed by atoms with Crippen molar-refractivity contribution in [2.24, 2.45) is 0 Å². The number of benzene rings is 2. The molecule has 0 aliphatic carbocycles. The minimum absolute atomic E-state index is 0.00279. The molecule has 0 saturated carbocycles. The first-order chi connectivity index (χ1) is 18.0. The van der Waals surface area contributed by atoms with Crippen LogP contribution in [0.15, 0.2) is 40.9 Å². The number of hydrogen-bond donors (Lipinski definition) is 2. The molecule has 192 valence electrons. The number of nitrogens with zero attached hydrogens (tertiary/aromatic N) is 5. The highest BCUT2D eigenvalue weighted by Crippen LogP contribution is 2.39. The van der Waals surface area contributed by atoms with Gasteiger partial charge in [0, 0.05) is 43.5 Å². The summed E-state index contributed by atoms with van der Waals surface area (Å²) in [5.41, 5.74) is 2.91. The van der Waals surface area contributed by atoms with Gasteiger partial charge in [0.1, 0.15) is 17.8 Å². The highest BCUT2D eigenvalue weighted by Gasteiger charge is 2.26. The van der Waals surface area contributed by atoms with E-state index in [1.807, 2.05) is 36.9 Å². The minimum atomic E-state index is -0.648. The maximum atomic E-state index is 15.0. The Morgan fingerprint density at radius 2 is 1.86 bits per heavy atom. The fourth-order valence-electron chi connectivity index (χ4n) is 4.72. The van der Waals surface area contributed by atoms with Crippen LogP contribution < -0.4 is 25.2 Å². The number of aromatic nitrogens is 3. The maximum Gasteiger partial charge on any atom is 0.298 e. The second kappa shape index (κ2) is 9.47. The first kappa shape index (κ1) is 23.4. The van der Waals surface area contributed by atoms with Gasteiger partial charge >= 0.3 is 0 Å². The summed E-state index contributed by atoms with van der Waals surface area (Å²) in [5.74, 6) is -0.846. The molecule has 4 aromatic rings. The molecular weight excluding hydrogens is 480 g/mol. The Bertz CT molecular complexity index is 1450. The summed E-state index contributed by atoms with van der Waals surface area (Å²) in [6, 6.07) is 9.14. The summed E-state index contributed by atoms with van der Waals surface area (Å²) < 4.78 is 41.3. The fourth-order valence-corrected chi connectivity index (χ4v) is 4.72. The second-order valence-corrected chi connectivity index (χ2v) is 9.37. The van der Waals surface area contributed by atoms with Gasteiger partial charge in [0.25, 0.3) is 6.01 Å². The lowest BCUT2D eigenvalue weighted by atomic mass is 10.1. The Kier molecular flexibility index (Phi) is 5.99. The molecule has 2 aliphatic heterocycles. The zero-order valence-electron chi connectivity index (χ0n) is 20.6. The van der Waals surface area contributed by atoms with Gasteiger partial charge in [0.15, 0.2) is 23.0 Å². The molecule has 37 heavy (non-hydrogen) atoms. The zero-order chi connectivity index (χ0) is 25.5. The maximum absolute atomic E-state index is 15.0.